The molecule has 8 heavy (non-hydrogen) atoms. The van der Waals surface area contributed by atoms with Crippen molar-refractivity contribution in [3.8, 4) is 0 Å². The van der Waals surface area contributed by atoms with Crippen LogP contribution in [0.1, 0.15) is 0 Å². The lowest BCUT2D eigenvalue weighted by Gasteiger charge is -1.95. The zero-order valence-electron chi connectivity index (χ0n) is 4.75. The molecule has 0 aliphatic rings. The molecule has 0 saturated heterocycles. The van der Waals surface area contributed by atoms with Gasteiger partial charge in [-0.25, -0.2) is 0 Å². The number of aromatic nitrogens is 1. The molecule has 0 fully saturated rings. The van der Waals surface area contributed by atoms with E-state index in [1.807, 2.05) is 24.5 Å². The highest BCUT2D eigenvalue weighted by Crippen LogP contribution is 1.86. The van der Waals surface area contributed by atoms with Crippen LogP contribution in [0.25, 0.3) is 0 Å². The summed E-state index contributed by atoms with van der Waals surface area (Å²) in [7, 11) is 0. The smallest absolute Gasteiger partial charge is 0.0342 e. The summed E-state index contributed by atoms with van der Waals surface area (Å²) >= 11 is 0. The molecule has 0 bridgehead atoms. The quantitative estimate of drug-likeness (QED) is 0.588. The van der Waals surface area contributed by atoms with E-state index < -0.39 is 0 Å². The molecule has 0 aliphatic heterocycles. The molecule has 0 spiro atoms. The Balaban J connectivity index is 2.50. The van der Waals surface area contributed by atoms with Gasteiger partial charge in [-0.3, -0.25) is 0 Å². The van der Waals surface area contributed by atoms with Crippen LogP contribution in [0.15, 0.2) is 24.5 Å². The molecule has 1 heterocycles. The summed E-state index contributed by atoms with van der Waals surface area (Å²) in [5.74, 6) is 0. The molecule has 0 unspecified atom stereocenters. The molecule has 1 aromatic heterocycles. The first-order valence-corrected chi connectivity index (χ1v) is 2.74. The van der Waals surface area contributed by atoms with Gasteiger partial charge in [0.2, 0.25) is 0 Å². The predicted molar refractivity (Wildman–Crippen MR) is 33.5 cm³/mol. The third-order valence-corrected chi connectivity index (χ3v) is 1.05. The van der Waals surface area contributed by atoms with E-state index in [4.69, 9.17) is 5.73 Å². The van der Waals surface area contributed by atoms with E-state index in [-0.39, 0.29) is 0 Å². The van der Waals surface area contributed by atoms with Crippen molar-refractivity contribution in [2.24, 2.45) is 5.73 Å². The number of nitrogens with zero attached hydrogens (tertiary/aromatic N) is 1. The Morgan fingerprint density at radius 3 is 2.38 bits per heavy atom. The van der Waals surface area contributed by atoms with Crippen molar-refractivity contribution < 1.29 is 0 Å². The van der Waals surface area contributed by atoms with Crippen molar-refractivity contribution in [1.29, 1.82) is 0 Å². The first-order valence-electron chi connectivity index (χ1n) is 2.74. The van der Waals surface area contributed by atoms with E-state index in [9.17, 15) is 0 Å². The molecule has 0 radical (unpaired) electrons. The van der Waals surface area contributed by atoms with E-state index in [1.54, 1.807) is 0 Å². The summed E-state index contributed by atoms with van der Waals surface area (Å²) in [6.45, 7) is 1.64. The Bertz CT molecular complexity index is 132. The summed E-state index contributed by atoms with van der Waals surface area (Å²) in [4.78, 5) is 0. The zero-order valence-corrected chi connectivity index (χ0v) is 4.75. The third kappa shape index (κ3) is 1.10. The second-order valence-electron chi connectivity index (χ2n) is 1.71. The summed E-state index contributed by atoms with van der Waals surface area (Å²) in [5, 5.41) is 0. The van der Waals surface area contributed by atoms with Crippen molar-refractivity contribution >= 4 is 0 Å². The summed E-state index contributed by atoms with van der Waals surface area (Å²) < 4.78 is 2.06. The van der Waals surface area contributed by atoms with Gasteiger partial charge in [0.15, 0.2) is 0 Å². The van der Waals surface area contributed by atoms with Gasteiger partial charge in [-0.05, 0) is 12.1 Å². The Labute approximate surface area is 48.9 Å². The molecule has 2 heteroatoms. The van der Waals surface area contributed by atoms with E-state index in [0.29, 0.717) is 6.54 Å². The molecule has 44 valence electrons. The minimum Gasteiger partial charge on any atom is -0.353 e. The second-order valence-corrected chi connectivity index (χ2v) is 1.71. The maximum atomic E-state index is 5.30. The number of hydrogen-bond acceptors (Lipinski definition) is 1. The van der Waals surface area contributed by atoms with Crippen LogP contribution in [-0.4, -0.2) is 11.1 Å². The second kappa shape index (κ2) is 2.52. The van der Waals surface area contributed by atoms with E-state index in [1.165, 1.54) is 0 Å². The van der Waals surface area contributed by atoms with Gasteiger partial charge in [0.1, 0.15) is 0 Å². The SMILES string of the molecule is NCCn1cccc1. The normalized spacial score (nSPS) is 9.62. The van der Waals surface area contributed by atoms with Gasteiger partial charge >= 0.3 is 0 Å². The van der Waals surface area contributed by atoms with E-state index in [2.05, 4.69) is 4.57 Å². The fourth-order valence-corrected chi connectivity index (χ4v) is 0.668. The van der Waals surface area contributed by atoms with Crippen molar-refractivity contribution in [3.63, 3.8) is 0 Å². The lowest BCUT2D eigenvalue weighted by Crippen LogP contribution is -2.07. The lowest BCUT2D eigenvalue weighted by molar-refractivity contribution is 0.713. The summed E-state index contributed by atoms with van der Waals surface area (Å²) in [6.07, 6.45) is 4.01. The Hall–Kier alpha value is -0.760. The minimum absolute atomic E-state index is 0.717. The van der Waals surface area contributed by atoms with Crippen molar-refractivity contribution in [3.05, 3.63) is 24.5 Å². The topological polar surface area (TPSA) is 30.9 Å². The van der Waals surface area contributed by atoms with Gasteiger partial charge in [0.05, 0.1) is 0 Å². The van der Waals surface area contributed by atoms with Crippen LogP contribution >= 0.6 is 0 Å². The van der Waals surface area contributed by atoms with Crippen LogP contribution in [0.5, 0.6) is 0 Å². The zero-order chi connectivity index (χ0) is 5.82. The fraction of sp³-hybridized carbons (Fsp3) is 0.333. The standard InChI is InChI=1S/C6H10N2/c7-3-6-8-4-1-2-5-8/h1-2,4-5H,3,6-7H2. The molecular formula is C6H10N2. The van der Waals surface area contributed by atoms with E-state index >= 15 is 0 Å². The highest BCUT2D eigenvalue weighted by molar-refractivity contribution is 4.89. The van der Waals surface area contributed by atoms with Crippen molar-refractivity contribution in [2.45, 2.75) is 6.54 Å². The molecule has 2 nitrogen and oxygen atoms in total. The highest BCUT2D eigenvalue weighted by atomic mass is 14.9. The van der Waals surface area contributed by atoms with Gasteiger partial charge < -0.3 is 10.3 Å². The average molecular weight is 110 g/mol. The monoisotopic (exact) mass is 110 g/mol. The largest absolute Gasteiger partial charge is 0.353 e. The van der Waals surface area contributed by atoms with Gasteiger partial charge in [0.25, 0.3) is 0 Å². The summed E-state index contributed by atoms with van der Waals surface area (Å²) in [5.41, 5.74) is 5.30. The van der Waals surface area contributed by atoms with Crippen LogP contribution in [0.4, 0.5) is 0 Å². The molecule has 0 amide bonds. The molecule has 0 aliphatic carbocycles. The maximum absolute atomic E-state index is 5.30. The average Bonchev–Trinajstić information content (AvgIpc) is 2.19. The van der Waals surface area contributed by atoms with E-state index in [0.717, 1.165) is 6.54 Å². The molecule has 2 N–H and O–H groups in total. The number of rotatable bonds is 2. The highest BCUT2D eigenvalue weighted by Gasteiger charge is 1.80. The Kier molecular flexibility index (Phi) is 1.70. The van der Waals surface area contributed by atoms with Gasteiger partial charge in [-0.15, -0.1) is 0 Å². The molecule has 1 aromatic rings. The van der Waals surface area contributed by atoms with Crippen LogP contribution in [-0.2, 0) is 6.54 Å². The first kappa shape index (κ1) is 5.38. The number of nitrogens with two attached hydrogens (primary N) is 1. The summed E-state index contributed by atoms with van der Waals surface area (Å²) in [6, 6.07) is 3.99. The van der Waals surface area contributed by atoms with Gasteiger partial charge in [0, 0.05) is 25.5 Å². The van der Waals surface area contributed by atoms with Crippen LogP contribution in [0.3, 0.4) is 0 Å². The lowest BCUT2D eigenvalue weighted by atomic mass is 10.6. The Morgan fingerprint density at radius 1 is 1.25 bits per heavy atom. The van der Waals surface area contributed by atoms with Gasteiger partial charge in [-0.2, -0.15) is 0 Å². The minimum atomic E-state index is 0.717. The molecular weight excluding hydrogens is 100 g/mol. The maximum Gasteiger partial charge on any atom is 0.0342 e. The van der Waals surface area contributed by atoms with Gasteiger partial charge in [-0.1, -0.05) is 0 Å². The van der Waals surface area contributed by atoms with Crippen molar-refractivity contribution in [2.75, 3.05) is 6.54 Å². The molecule has 0 saturated carbocycles. The third-order valence-electron chi connectivity index (χ3n) is 1.05. The van der Waals surface area contributed by atoms with Crippen LogP contribution in [0.2, 0.25) is 0 Å². The molecule has 0 aromatic carbocycles. The van der Waals surface area contributed by atoms with Crippen LogP contribution in [0, 0.1) is 0 Å². The van der Waals surface area contributed by atoms with Crippen LogP contribution < -0.4 is 5.73 Å². The fourth-order valence-electron chi connectivity index (χ4n) is 0.668. The number of hydrogen-bond donors (Lipinski definition) is 1. The predicted octanol–water partition coefficient (Wildman–Crippen LogP) is 0.447. The first-order chi connectivity index (χ1) is 3.93. The molecule has 1 rings (SSSR count). The Morgan fingerprint density at radius 2 is 1.88 bits per heavy atom. The van der Waals surface area contributed by atoms with Crippen molar-refractivity contribution in [1.82, 2.24) is 4.57 Å². The molecule has 0 atom stereocenters.